The Morgan fingerprint density at radius 2 is 2.05 bits per heavy atom. The van der Waals surface area contributed by atoms with E-state index in [2.05, 4.69) is 19.3 Å². The van der Waals surface area contributed by atoms with E-state index in [0.717, 1.165) is 12.5 Å². The van der Waals surface area contributed by atoms with Crippen molar-refractivity contribution in [3.63, 3.8) is 0 Å². The number of hydrazine groups is 1. The van der Waals surface area contributed by atoms with Gasteiger partial charge in [-0.2, -0.15) is 0 Å². The first kappa shape index (κ1) is 16.3. The van der Waals surface area contributed by atoms with Gasteiger partial charge in [-0.25, -0.2) is 0 Å². The smallest absolute Gasteiger partial charge is 0.0685 e. The second-order valence-corrected chi connectivity index (χ2v) is 6.99. The molecule has 0 aromatic heterocycles. The second-order valence-electron chi connectivity index (χ2n) is 6.99. The maximum absolute atomic E-state index is 6.18. The van der Waals surface area contributed by atoms with Crippen LogP contribution in [0.2, 0.25) is 0 Å². The van der Waals surface area contributed by atoms with Crippen LogP contribution in [-0.2, 0) is 4.74 Å². The van der Waals surface area contributed by atoms with Gasteiger partial charge in [0.1, 0.15) is 0 Å². The fourth-order valence-corrected chi connectivity index (χ4v) is 4.50. The van der Waals surface area contributed by atoms with Crippen LogP contribution in [-0.4, -0.2) is 18.2 Å². The van der Waals surface area contributed by atoms with E-state index in [1.54, 1.807) is 0 Å². The van der Waals surface area contributed by atoms with Crippen LogP contribution in [0.1, 0.15) is 78.1 Å². The third-order valence-corrected chi connectivity index (χ3v) is 5.71. The van der Waals surface area contributed by atoms with Crippen LogP contribution in [0.3, 0.4) is 0 Å². The zero-order valence-electron chi connectivity index (χ0n) is 13.5. The fourth-order valence-electron chi connectivity index (χ4n) is 4.50. The highest BCUT2D eigenvalue weighted by Crippen LogP contribution is 2.44. The maximum Gasteiger partial charge on any atom is 0.0685 e. The highest BCUT2D eigenvalue weighted by Gasteiger charge is 2.42. The number of hydrogen-bond donors (Lipinski definition) is 2. The number of unbranched alkanes of at least 4 members (excludes halogenated alkanes) is 1. The van der Waals surface area contributed by atoms with Crippen molar-refractivity contribution in [3.8, 4) is 0 Å². The number of rotatable bonds is 7. The quantitative estimate of drug-likeness (QED) is 0.552. The molecule has 2 aliphatic rings. The van der Waals surface area contributed by atoms with E-state index in [0.29, 0.717) is 12.0 Å². The Morgan fingerprint density at radius 3 is 2.65 bits per heavy atom. The molecular formula is C17H34N2O. The van der Waals surface area contributed by atoms with Crippen molar-refractivity contribution in [3.05, 3.63) is 0 Å². The molecule has 3 heteroatoms. The lowest BCUT2D eigenvalue weighted by Gasteiger charge is -2.43. The van der Waals surface area contributed by atoms with Crippen LogP contribution in [0.5, 0.6) is 0 Å². The lowest BCUT2D eigenvalue weighted by molar-refractivity contribution is -0.101. The predicted molar refractivity (Wildman–Crippen MR) is 84.3 cm³/mol. The Kier molecular flexibility index (Phi) is 6.31. The minimum atomic E-state index is 0.209. The topological polar surface area (TPSA) is 47.3 Å². The molecule has 1 aliphatic carbocycles. The van der Waals surface area contributed by atoms with E-state index in [-0.39, 0.29) is 5.60 Å². The lowest BCUT2D eigenvalue weighted by atomic mass is 9.75. The fraction of sp³-hybridized carbons (Fsp3) is 1.00. The van der Waals surface area contributed by atoms with Crippen molar-refractivity contribution >= 4 is 0 Å². The summed E-state index contributed by atoms with van der Waals surface area (Å²) in [5, 5.41) is 0. The van der Waals surface area contributed by atoms with E-state index < -0.39 is 0 Å². The Balaban J connectivity index is 1.98. The second kappa shape index (κ2) is 7.77. The van der Waals surface area contributed by atoms with Crippen LogP contribution in [0.4, 0.5) is 0 Å². The van der Waals surface area contributed by atoms with E-state index >= 15 is 0 Å². The van der Waals surface area contributed by atoms with Gasteiger partial charge in [-0.15, -0.1) is 0 Å². The van der Waals surface area contributed by atoms with Crippen molar-refractivity contribution in [1.82, 2.24) is 5.43 Å². The SMILES string of the molecule is CCCCC(CC)C(NN)C1CCOC2(CCCC2)C1. The molecule has 2 fully saturated rings. The van der Waals surface area contributed by atoms with Gasteiger partial charge in [-0.1, -0.05) is 46.0 Å². The first-order valence-electron chi connectivity index (χ1n) is 8.84. The summed E-state index contributed by atoms with van der Waals surface area (Å²) in [5.74, 6) is 7.37. The molecule has 0 aromatic carbocycles. The molecule has 0 aromatic rings. The first-order valence-corrected chi connectivity index (χ1v) is 8.84. The zero-order chi connectivity index (χ0) is 14.4. The van der Waals surface area contributed by atoms with Crippen LogP contribution < -0.4 is 11.3 Å². The van der Waals surface area contributed by atoms with Crippen molar-refractivity contribution in [2.75, 3.05) is 6.61 Å². The van der Waals surface area contributed by atoms with Crippen LogP contribution in [0, 0.1) is 11.8 Å². The Morgan fingerprint density at radius 1 is 1.30 bits per heavy atom. The van der Waals surface area contributed by atoms with Crippen molar-refractivity contribution in [2.45, 2.75) is 89.7 Å². The summed E-state index contributed by atoms with van der Waals surface area (Å²) in [5.41, 5.74) is 3.39. The minimum Gasteiger partial charge on any atom is -0.375 e. The van der Waals surface area contributed by atoms with Gasteiger partial charge in [-0.05, 0) is 43.9 Å². The molecule has 1 saturated carbocycles. The molecule has 1 saturated heterocycles. The summed E-state index contributed by atoms with van der Waals surface area (Å²) in [6, 6.07) is 0.480. The highest BCUT2D eigenvalue weighted by molar-refractivity contribution is 4.95. The van der Waals surface area contributed by atoms with Crippen molar-refractivity contribution in [2.24, 2.45) is 17.7 Å². The Hall–Kier alpha value is -0.120. The Labute approximate surface area is 125 Å². The molecule has 20 heavy (non-hydrogen) atoms. The average molecular weight is 282 g/mol. The summed E-state index contributed by atoms with van der Waals surface area (Å²) in [6.45, 7) is 5.53. The highest BCUT2D eigenvalue weighted by atomic mass is 16.5. The van der Waals surface area contributed by atoms with Crippen molar-refractivity contribution in [1.29, 1.82) is 0 Å². The van der Waals surface area contributed by atoms with Gasteiger partial charge >= 0.3 is 0 Å². The predicted octanol–water partition coefficient (Wildman–Crippen LogP) is 3.77. The molecular weight excluding hydrogens is 248 g/mol. The number of ether oxygens (including phenoxy) is 1. The van der Waals surface area contributed by atoms with Crippen LogP contribution in [0.15, 0.2) is 0 Å². The molecule has 0 bridgehead atoms. The molecule has 3 N–H and O–H groups in total. The molecule has 3 nitrogen and oxygen atoms in total. The van der Waals surface area contributed by atoms with E-state index in [9.17, 15) is 0 Å². The molecule has 2 rings (SSSR count). The van der Waals surface area contributed by atoms with Gasteiger partial charge in [0, 0.05) is 12.6 Å². The van der Waals surface area contributed by atoms with Gasteiger partial charge in [0.15, 0.2) is 0 Å². The normalized spacial score (nSPS) is 28.6. The summed E-state index contributed by atoms with van der Waals surface area (Å²) in [4.78, 5) is 0. The molecule has 3 unspecified atom stereocenters. The molecule has 1 aliphatic heterocycles. The summed E-state index contributed by atoms with van der Waals surface area (Å²) in [6.07, 6.45) is 12.8. The number of nitrogens with two attached hydrogens (primary N) is 1. The molecule has 1 heterocycles. The van der Waals surface area contributed by atoms with Gasteiger partial charge in [0.25, 0.3) is 0 Å². The minimum absolute atomic E-state index is 0.209. The average Bonchev–Trinajstić information content (AvgIpc) is 2.91. The molecule has 3 atom stereocenters. The van der Waals surface area contributed by atoms with Gasteiger partial charge in [-0.3, -0.25) is 11.3 Å². The zero-order valence-corrected chi connectivity index (χ0v) is 13.5. The Bertz CT molecular complexity index is 276. The largest absolute Gasteiger partial charge is 0.375 e. The summed E-state index contributed by atoms with van der Waals surface area (Å²) >= 11 is 0. The monoisotopic (exact) mass is 282 g/mol. The van der Waals surface area contributed by atoms with Crippen LogP contribution >= 0.6 is 0 Å². The van der Waals surface area contributed by atoms with Crippen molar-refractivity contribution < 1.29 is 4.74 Å². The third kappa shape index (κ3) is 3.75. The summed E-state index contributed by atoms with van der Waals surface area (Å²) < 4.78 is 6.18. The van der Waals surface area contributed by atoms with Gasteiger partial charge < -0.3 is 4.74 Å². The maximum atomic E-state index is 6.18. The molecule has 0 amide bonds. The number of nitrogens with one attached hydrogen (secondary N) is 1. The van der Waals surface area contributed by atoms with Gasteiger partial charge in [0.05, 0.1) is 5.60 Å². The molecule has 0 radical (unpaired) electrons. The first-order chi connectivity index (χ1) is 9.74. The van der Waals surface area contributed by atoms with E-state index in [4.69, 9.17) is 10.6 Å². The lowest BCUT2D eigenvalue weighted by Crippen LogP contribution is -2.51. The van der Waals surface area contributed by atoms with Gasteiger partial charge in [0.2, 0.25) is 0 Å². The third-order valence-electron chi connectivity index (χ3n) is 5.71. The van der Waals surface area contributed by atoms with E-state index in [1.165, 1.54) is 64.2 Å². The molecule has 1 spiro atoms. The van der Waals surface area contributed by atoms with E-state index in [1.807, 2.05) is 0 Å². The number of hydrogen-bond acceptors (Lipinski definition) is 3. The molecule has 118 valence electrons. The summed E-state index contributed by atoms with van der Waals surface area (Å²) in [7, 11) is 0. The standard InChI is InChI=1S/C17H34N2O/c1-3-5-8-14(4-2)16(19-18)15-9-12-20-17(13-15)10-6-7-11-17/h14-16,19H,3-13,18H2,1-2H3. The van der Waals surface area contributed by atoms with Crippen LogP contribution in [0.25, 0.3) is 0 Å².